The summed E-state index contributed by atoms with van der Waals surface area (Å²) < 4.78 is 70.6. The monoisotopic (exact) mass is 394 g/mol. The molecule has 2 rings (SSSR count). The Balaban J connectivity index is 2.00. The lowest BCUT2D eigenvalue weighted by Crippen LogP contribution is -2.53. The quantitative estimate of drug-likeness (QED) is 0.734. The zero-order chi connectivity index (χ0) is 18.7. The third kappa shape index (κ3) is 5.45. The second-order valence-corrected chi connectivity index (χ2v) is 10.0. The topological polar surface area (TPSA) is 92.8 Å². The van der Waals surface area contributed by atoms with E-state index in [4.69, 9.17) is 4.74 Å². The van der Waals surface area contributed by atoms with Gasteiger partial charge in [0.25, 0.3) is 0 Å². The highest BCUT2D eigenvalue weighted by Gasteiger charge is 2.38. The van der Waals surface area contributed by atoms with Crippen LogP contribution < -0.4 is 4.72 Å². The predicted molar refractivity (Wildman–Crippen MR) is 92.4 cm³/mol. The first kappa shape index (κ1) is 20.2. The largest absolute Gasteiger partial charge is 0.377 e. The number of rotatable bonds is 7. The van der Waals surface area contributed by atoms with E-state index in [1.165, 1.54) is 29.6 Å². The standard InChI is InChI=1S/C15H23FN2O5S2/c1-23-15(7-9-18(10-8-15)24(2,19)20)12-17-25(21,22)11-13-5-3-4-6-14(13)16/h3-6,17H,7-12H2,1-2H3. The number of hydrogen-bond donors (Lipinski definition) is 1. The summed E-state index contributed by atoms with van der Waals surface area (Å²) in [7, 11) is -5.55. The van der Waals surface area contributed by atoms with E-state index in [1.54, 1.807) is 6.07 Å². The fourth-order valence-electron chi connectivity index (χ4n) is 2.79. The SMILES string of the molecule is COC1(CNS(=O)(=O)Cc2ccccc2F)CCN(S(C)(=O)=O)CC1. The number of sulfonamides is 2. The van der Waals surface area contributed by atoms with Gasteiger partial charge in [0, 0.05) is 32.3 Å². The van der Waals surface area contributed by atoms with E-state index in [-0.39, 0.29) is 25.2 Å². The molecule has 1 N–H and O–H groups in total. The van der Waals surface area contributed by atoms with Crippen molar-refractivity contribution in [1.29, 1.82) is 0 Å². The summed E-state index contributed by atoms with van der Waals surface area (Å²) in [5.74, 6) is -1.04. The number of halogens is 1. The van der Waals surface area contributed by atoms with Crippen molar-refractivity contribution in [3.05, 3.63) is 35.6 Å². The van der Waals surface area contributed by atoms with Crippen molar-refractivity contribution >= 4 is 20.0 Å². The van der Waals surface area contributed by atoms with Crippen LogP contribution in [0.4, 0.5) is 4.39 Å². The Morgan fingerprint density at radius 2 is 1.80 bits per heavy atom. The fraction of sp³-hybridized carbons (Fsp3) is 0.600. The van der Waals surface area contributed by atoms with Crippen LogP contribution >= 0.6 is 0 Å². The summed E-state index contributed by atoms with van der Waals surface area (Å²) in [6.45, 7) is 0.543. The minimum atomic E-state index is -3.75. The Labute approximate surface area is 148 Å². The molecule has 0 saturated carbocycles. The average Bonchev–Trinajstić information content (AvgIpc) is 2.55. The Kier molecular flexibility index (Phi) is 6.21. The molecule has 0 spiro atoms. The van der Waals surface area contributed by atoms with Gasteiger partial charge in [0.1, 0.15) is 5.82 Å². The van der Waals surface area contributed by atoms with E-state index in [0.717, 1.165) is 6.26 Å². The van der Waals surface area contributed by atoms with Crippen LogP contribution in [-0.4, -0.2) is 59.7 Å². The highest BCUT2D eigenvalue weighted by molar-refractivity contribution is 7.88. The zero-order valence-corrected chi connectivity index (χ0v) is 15.9. The van der Waals surface area contributed by atoms with Crippen molar-refractivity contribution in [3.63, 3.8) is 0 Å². The molecule has 142 valence electrons. The van der Waals surface area contributed by atoms with Crippen LogP contribution in [0.25, 0.3) is 0 Å². The summed E-state index contributed by atoms with van der Waals surface area (Å²) in [6.07, 6.45) is 1.89. The lowest BCUT2D eigenvalue weighted by molar-refractivity contribution is -0.0401. The van der Waals surface area contributed by atoms with Gasteiger partial charge in [0.15, 0.2) is 0 Å². The molecule has 0 atom stereocenters. The van der Waals surface area contributed by atoms with E-state index in [0.29, 0.717) is 12.8 Å². The lowest BCUT2D eigenvalue weighted by atomic mass is 9.92. The molecule has 1 fully saturated rings. The van der Waals surface area contributed by atoms with Crippen molar-refractivity contribution in [2.75, 3.05) is 33.0 Å². The first-order valence-electron chi connectivity index (χ1n) is 7.78. The van der Waals surface area contributed by atoms with Crippen LogP contribution in [0.3, 0.4) is 0 Å². The zero-order valence-electron chi connectivity index (χ0n) is 14.2. The molecule has 1 aromatic rings. The maximum atomic E-state index is 13.6. The van der Waals surface area contributed by atoms with E-state index in [2.05, 4.69) is 4.72 Å². The van der Waals surface area contributed by atoms with Crippen molar-refractivity contribution in [2.45, 2.75) is 24.2 Å². The van der Waals surface area contributed by atoms with E-state index in [1.807, 2.05) is 0 Å². The van der Waals surface area contributed by atoms with E-state index >= 15 is 0 Å². The summed E-state index contributed by atoms with van der Waals surface area (Å²) in [5, 5.41) is 0. The van der Waals surface area contributed by atoms with Crippen molar-refractivity contribution in [3.8, 4) is 0 Å². The smallest absolute Gasteiger partial charge is 0.215 e. The van der Waals surface area contributed by atoms with Crippen molar-refractivity contribution in [1.82, 2.24) is 9.03 Å². The van der Waals surface area contributed by atoms with Gasteiger partial charge in [-0.25, -0.2) is 30.3 Å². The second-order valence-electron chi connectivity index (χ2n) is 6.22. The van der Waals surface area contributed by atoms with Crippen LogP contribution in [0.2, 0.25) is 0 Å². The first-order valence-corrected chi connectivity index (χ1v) is 11.3. The second kappa shape index (κ2) is 7.67. The Morgan fingerprint density at radius 1 is 1.20 bits per heavy atom. The maximum absolute atomic E-state index is 13.6. The molecule has 1 aromatic carbocycles. The number of methoxy groups -OCH3 is 1. The molecule has 1 aliphatic heterocycles. The molecule has 0 amide bonds. The van der Waals surface area contributed by atoms with Crippen LogP contribution in [-0.2, 0) is 30.5 Å². The van der Waals surface area contributed by atoms with Crippen LogP contribution in [0, 0.1) is 5.82 Å². The Hall–Kier alpha value is -1.07. The molecule has 0 radical (unpaired) electrons. The summed E-state index contributed by atoms with van der Waals surface area (Å²) in [5.41, 5.74) is -0.683. The molecule has 1 aliphatic rings. The fourth-order valence-corrected chi connectivity index (χ4v) is 4.87. The molecule has 0 bridgehead atoms. The van der Waals surface area contributed by atoms with Gasteiger partial charge in [-0.15, -0.1) is 0 Å². The van der Waals surface area contributed by atoms with Gasteiger partial charge in [0.05, 0.1) is 17.6 Å². The molecule has 1 saturated heterocycles. The van der Waals surface area contributed by atoms with Gasteiger partial charge in [-0.3, -0.25) is 0 Å². The molecule has 10 heteroatoms. The summed E-state index contributed by atoms with van der Waals surface area (Å²) >= 11 is 0. The molecular weight excluding hydrogens is 371 g/mol. The molecule has 0 aliphatic carbocycles. The van der Waals surface area contributed by atoms with Crippen LogP contribution in [0.5, 0.6) is 0 Å². The molecule has 1 heterocycles. The Morgan fingerprint density at radius 3 is 2.32 bits per heavy atom. The normalized spacial score (nSPS) is 19.0. The van der Waals surface area contributed by atoms with Gasteiger partial charge >= 0.3 is 0 Å². The third-order valence-electron chi connectivity index (χ3n) is 4.45. The number of nitrogens with zero attached hydrogens (tertiary/aromatic N) is 1. The number of nitrogens with one attached hydrogen (secondary N) is 1. The highest BCUT2D eigenvalue weighted by atomic mass is 32.2. The number of benzene rings is 1. The summed E-state index contributed by atoms with van der Waals surface area (Å²) in [4.78, 5) is 0. The minimum Gasteiger partial charge on any atom is -0.377 e. The van der Waals surface area contributed by atoms with E-state index in [9.17, 15) is 21.2 Å². The Bertz CT molecular complexity index is 803. The minimum absolute atomic E-state index is 0.0118. The van der Waals surface area contributed by atoms with Gasteiger partial charge in [-0.05, 0) is 18.9 Å². The lowest BCUT2D eigenvalue weighted by Gasteiger charge is -2.39. The molecule has 0 aromatic heterocycles. The summed E-state index contributed by atoms with van der Waals surface area (Å²) in [6, 6.07) is 5.70. The first-order chi connectivity index (χ1) is 11.6. The van der Waals surface area contributed by atoms with Gasteiger partial charge in [-0.2, -0.15) is 0 Å². The number of piperidine rings is 1. The third-order valence-corrected chi connectivity index (χ3v) is 7.03. The van der Waals surface area contributed by atoms with Crippen molar-refractivity contribution in [2.24, 2.45) is 0 Å². The highest BCUT2D eigenvalue weighted by Crippen LogP contribution is 2.26. The predicted octanol–water partition coefficient (Wildman–Crippen LogP) is 0.686. The van der Waals surface area contributed by atoms with Gasteiger partial charge < -0.3 is 4.74 Å². The number of hydrogen-bond acceptors (Lipinski definition) is 5. The maximum Gasteiger partial charge on any atom is 0.215 e. The van der Waals surface area contributed by atoms with Gasteiger partial charge in [-0.1, -0.05) is 18.2 Å². The molecule has 0 unspecified atom stereocenters. The van der Waals surface area contributed by atoms with Crippen molar-refractivity contribution < 1.29 is 26.0 Å². The molecule has 7 nitrogen and oxygen atoms in total. The van der Waals surface area contributed by atoms with E-state index < -0.39 is 37.2 Å². The van der Waals surface area contributed by atoms with Gasteiger partial charge in [0.2, 0.25) is 20.0 Å². The van der Waals surface area contributed by atoms with Crippen LogP contribution in [0.15, 0.2) is 24.3 Å². The van der Waals surface area contributed by atoms with Crippen LogP contribution in [0.1, 0.15) is 18.4 Å². The average molecular weight is 394 g/mol. The molecule has 25 heavy (non-hydrogen) atoms. The molecular formula is C15H23FN2O5S2. The number of ether oxygens (including phenoxy) is 1.